The van der Waals surface area contributed by atoms with Crippen molar-refractivity contribution < 1.29 is 19.3 Å². The van der Waals surface area contributed by atoms with Crippen LogP contribution in [0.2, 0.25) is 0 Å². The maximum Gasteiger partial charge on any atom is 0.163 e. The molecular formula is C29H43N5O4. The minimum Gasteiger partial charge on any atom is -0.491 e. The molecule has 4 heterocycles. The second kappa shape index (κ2) is 12.6. The van der Waals surface area contributed by atoms with E-state index in [-0.39, 0.29) is 6.61 Å². The number of piperidine rings is 1. The van der Waals surface area contributed by atoms with Crippen LogP contribution < -0.4 is 19.9 Å². The van der Waals surface area contributed by atoms with Gasteiger partial charge in [0.25, 0.3) is 0 Å². The molecule has 1 spiro atoms. The van der Waals surface area contributed by atoms with Crippen LogP contribution in [0.4, 0.5) is 11.6 Å². The van der Waals surface area contributed by atoms with Crippen LogP contribution in [0.1, 0.15) is 38.5 Å². The summed E-state index contributed by atoms with van der Waals surface area (Å²) in [6.45, 7) is 6.02. The lowest BCUT2D eigenvalue weighted by Gasteiger charge is -2.45. The molecule has 1 aromatic heterocycles. The second-order valence-corrected chi connectivity index (χ2v) is 11.1. The van der Waals surface area contributed by atoms with E-state index in [1.807, 2.05) is 31.3 Å². The van der Waals surface area contributed by atoms with E-state index in [1.165, 1.54) is 12.8 Å². The van der Waals surface area contributed by atoms with Crippen molar-refractivity contribution in [2.24, 2.45) is 5.41 Å². The monoisotopic (exact) mass is 525 g/mol. The topological polar surface area (TPSA) is 92.2 Å². The standard InChI is InChI=1S/C29H43N5O4/c1-30-19-24(35)20-38-25-6-3-5-22(17-25)28-31-26(33(2)23-7-13-36-14-8-23)18-27(32-28)34-12-4-9-29(21-34)10-15-37-16-11-29/h3,5-6,17-18,23-24,30,35H,4,7-16,19-21H2,1-2H3. The molecule has 0 amide bonds. The van der Waals surface area contributed by atoms with Crippen molar-refractivity contribution in [3.05, 3.63) is 30.3 Å². The number of nitrogens with zero attached hydrogens (tertiary/aromatic N) is 4. The molecule has 1 unspecified atom stereocenters. The van der Waals surface area contributed by atoms with Crippen LogP contribution in [0.15, 0.2) is 30.3 Å². The maximum absolute atomic E-state index is 10.1. The molecule has 3 aliphatic heterocycles. The number of hydrogen-bond acceptors (Lipinski definition) is 9. The van der Waals surface area contributed by atoms with E-state index in [2.05, 4.69) is 28.2 Å². The first-order valence-corrected chi connectivity index (χ1v) is 14.1. The van der Waals surface area contributed by atoms with Crippen molar-refractivity contribution in [2.45, 2.75) is 50.7 Å². The van der Waals surface area contributed by atoms with Crippen molar-refractivity contribution >= 4 is 11.6 Å². The molecule has 1 aromatic carbocycles. The van der Waals surface area contributed by atoms with Crippen LogP contribution in [0.25, 0.3) is 11.4 Å². The Labute approximate surface area is 226 Å². The lowest BCUT2D eigenvalue weighted by Crippen LogP contribution is -2.46. The largest absolute Gasteiger partial charge is 0.491 e. The van der Waals surface area contributed by atoms with E-state index in [0.29, 0.717) is 29.6 Å². The summed E-state index contributed by atoms with van der Waals surface area (Å²) in [5.74, 6) is 3.33. The Hall–Kier alpha value is -2.46. The number of ether oxygens (including phenoxy) is 3. The van der Waals surface area contributed by atoms with Gasteiger partial charge in [0.1, 0.15) is 30.1 Å². The van der Waals surface area contributed by atoms with Gasteiger partial charge in [0, 0.05) is 70.8 Å². The van der Waals surface area contributed by atoms with Crippen molar-refractivity contribution in [1.29, 1.82) is 0 Å². The highest BCUT2D eigenvalue weighted by Gasteiger charge is 2.37. The summed E-state index contributed by atoms with van der Waals surface area (Å²) in [6, 6.07) is 10.4. The van der Waals surface area contributed by atoms with E-state index in [9.17, 15) is 5.11 Å². The van der Waals surface area contributed by atoms with Gasteiger partial charge >= 0.3 is 0 Å². The second-order valence-electron chi connectivity index (χ2n) is 11.1. The average molecular weight is 526 g/mol. The van der Waals surface area contributed by atoms with Gasteiger partial charge in [-0.15, -0.1) is 0 Å². The van der Waals surface area contributed by atoms with E-state index in [0.717, 1.165) is 82.4 Å². The fourth-order valence-corrected chi connectivity index (χ4v) is 5.98. The fraction of sp³-hybridized carbons (Fsp3) is 0.655. The molecule has 3 aliphatic rings. The molecule has 1 atom stereocenters. The minimum absolute atomic E-state index is 0.225. The molecule has 0 bridgehead atoms. The zero-order valence-corrected chi connectivity index (χ0v) is 22.9. The molecule has 3 saturated heterocycles. The molecule has 38 heavy (non-hydrogen) atoms. The number of aromatic nitrogens is 2. The zero-order chi connectivity index (χ0) is 26.4. The van der Waals surface area contributed by atoms with Gasteiger partial charge in [-0.05, 0) is 63.1 Å². The van der Waals surface area contributed by atoms with Gasteiger partial charge in [-0.2, -0.15) is 0 Å². The smallest absolute Gasteiger partial charge is 0.163 e. The molecule has 0 aliphatic carbocycles. The van der Waals surface area contributed by atoms with Gasteiger partial charge in [0.05, 0.1) is 0 Å². The zero-order valence-electron chi connectivity index (χ0n) is 22.9. The Balaban J connectivity index is 1.44. The third-order valence-electron chi connectivity index (χ3n) is 8.31. The number of likely N-dealkylation sites (N-methyl/N-ethyl adjacent to an activating group) is 1. The molecule has 5 rings (SSSR count). The van der Waals surface area contributed by atoms with Crippen LogP contribution in [0.5, 0.6) is 5.75 Å². The number of rotatable bonds is 9. The summed E-state index contributed by atoms with van der Waals surface area (Å²) in [5.41, 5.74) is 1.22. The summed E-state index contributed by atoms with van der Waals surface area (Å²) in [7, 11) is 3.96. The summed E-state index contributed by atoms with van der Waals surface area (Å²) < 4.78 is 17.2. The Morgan fingerprint density at radius 1 is 1.13 bits per heavy atom. The molecule has 0 radical (unpaired) electrons. The lowest BCUT2D eigenvalue weighted by atomic mass is 9.74. The average Bonchev–Trinajstić information content (AvgIpc) is 2.97. The van der Waals surface area contributed by atoms with Gasteiger partial charge in [-0.25, -0.2) is 9.97 Å². The van der Waals surface area contributed by atoms with Gasteiger partial charge < -0.3 is 34.4 Å². The number of aliphatic hydroxyl groups is 1. The number of anilines is 2. The summed E-state index contributed by atoms with van der Waals surface area (Å²) >= 11 is 0. The highest BCUT2D eigenvalue weighted by Crippen LogP contribution is 2.41. The summed E-state index contributed by atoms with van der Waals surface area (Å²) in [5, 5.41) is 13.0. The Kier molecular flexibility index (Phi) is 8.99. The van der Waals surface area contributed by atoms with E-state index >= 15 is 0 Å². The van der Waals surface area contributed by atoms with E-state index < -0.39 is 6.10 Å². The van der Waals surface area contributed by atoms with Gasteiger partial charge in [0.2, 0.25) is 0 Å². The normalized spacial score (nSPS) is 20.9. The Morgan fingerprint density at radius 2 is 1.92 bits per heavy atom. The molecule has 3 fully saturated rings. The van der Waals surface area contributed by atoms with Crippen LogP contribution >= 0.6 is 0 Å². The third-order valence-corrected chi connectivity index (χ3v) is 8.31. The summed E-state index contributed by atoms with van der Waals surface area (Å²) in [6.07, 6.45) is 6.09. The number of aliphatic hydroxyl groups excluding tert-OH is 1. The fourth-order valence-electron chi connectivity index (χ4n) is 5.98. The van der Waals surface area contributed by atoms with Gasteiger partial charge in [0.15, 0.2) is 5.82 Å². The third kappa shape index (κ3) is 6.57. The SMILES string of the molecule is CNCC(O)COc1cccc(-c2nc(N3CCCC4(CCOCC4)C3)cc(N(C)C3CCOCC3)n2)c1. The lowest BCUT2D eigenvalue weighted by molar-refractivity contribution is 0.00746. The first-order chi connectivity index (χ1) is 18.5. The first-order valence-electron chi connectivity index (χ1n) is 14.1. The van der Waals surface area contributed by atoms with E-state index in [4.69, 9.17) is 24.2 Å². The molecule has 2 N–H and O–H groups in total. The minimum atomic E-state index is -0.570. The summed E-state index contributed by atoms with van der Waals surface area (Å²) in [4.78, 5) is 14.9. The highest BCUT2D eigenvalue weighted by atomic mass is 16.5. The molecular weight excluding hydrogens is 482 g/mol. The van der Waals surface area contributed by atoms with Crippen molar-refractivity contribution in [3.8, 4) is 17.1 Å². The van der Waals surface area contributed by atoms with Gasteiger partial charge in [-0.1, -0.05) is 12.1 Å². The number of hydrogen-bond donors (Lipinski definition) is 2. The first kappa shape index (κ1) is 27.1. The number of benzene rings is 1. The van der Waals surface area contributed by atoms with Gasteiger partial charge in [-0.3, -0.25) is 0 Å². The molecule has 0 saturated carbocycles. The van der Waals surface area contributed by atoms with Crippen molar-refractivity contribution in [3.63, 3.8) is 0 Å². The number of nitrogens with one attached hydrogen (secondary N) is 1. The molecule has 2 aromatic rings. The molecule has 9 heteroatoms. The quantitative estimate of drug-likeness (QED) is 0.512. The van der Waals surface area contributed by atoms with Crippen LogP contribution in [0, 0.1) is 5.41 Å². The van der Waals surface area contributed by atoms with Crippen molar-refractivity contribution in [1.82, 2.24) is 15.3 Å². The Morgan fingerprint density at radius 3 is 2.71 bits per heavy atom. The van der Waals surface area contributed by atoms with Crippen LogP contribution in [-0.4, -0.2) is 94.0 Å². The van der Waals surface area contributed by atoms with E-state index in [1.54, 1.807) is 0 Å². The predicted octanol–water partition coefficient (Wildman–Crippen LogP) is 3.11. The molecule has 9 nitrogen and oxygen atoms in total. The maximum atomic E-state index is 10.1. The predicted molar refractivity (Wildman–Crippen MR) is 149 cm³/mol. The van der Waals surface area contributed by atoms with Crippen LogP contribution in [0.3, 0.4) is 0 Å². The Bertz CT molecular complexity index is 1040. The highest BCUT2D eigenvalue weighted by molar-refractivity contribution is 5.64. The van der Waals surface area contributed by atoms with Crippen molar-refractivity contribution in [2.75, 3.05) is 76.6 Å². The van der Waals surface area contributed by atoms with Crippen LogP contribution in [-0.2, 0) is 9.47 Å². The molecule has 208 valence electrons.